The Labute approximate surface area is 216 Å². The Hall–Kier alpha value is -3.24. The van der Waals surface area contributed by atoms with Crippen LogP contribution in [0.3, 0.4) is 0 Å². The van der Waals surface area contributed by atoms with E-state index in [0.29, 0.717) is 53.3 Å². The second-order valence-corrected chi connectivity index (χ2v) is 8.43. The van der Waals surface area contributed by atoms with E-state index in [4.69, 9.17) is 16.4 Å². The van der Waals surface area contributed by atoms with Gasteiger partial charge in [-0.05, 0) is 48.4 Å². The van der Waals surface area contributed by atoms with Gasteiger partial charge >= 0.3 is 6.18 Å². The predicted octanol–water partition coefficient (Wildman–Crippen LogP) is 4.25. The molecule has 0 spiro atoms. The molecule has 1 aromatic heterocycles. The van der Waals surface area contributed by atoms with Gasteiger partial charge in [0.2, 0.25) is 5.95 Å². The summed E-state index contributed by atoms with van der Waals surface area (Å²) in [6, 6.07) is 11.4. The van der Waals surface area contributed by atoms with Gasteiger partial charge in [0.15, 0.2) is 0 Å². The molecular formula is C24H23Cl2F3N4O3. The van der Waals surface area contributed by atoms with Gasteiger partial charge in [-0.15, -0.1) is 17.1 Å². The fourth-order valence-corrected chi connectivity index (χ4v) is 3.99. The summed E-state index contributed by atoms with van der Waals surface area (Å²) in [6.45, 7) is 0.807. The number of halogens is 5. The van der Waals surface area contributed by atoms with Crippen LogP contribution >= 0.6 is 24.0 Å². The molecule has 3 aromatic rings. The second-order valence-electron chi connectivity index (χ2n) is 8.00. The van der Waals surface area contributed by atoms with Crippen molar-refractivity contribution in [1.29, 1.82) is 0 Å². The standard InChI is InChI=1S/C24H22ClF3N4O3.ClH/c1-35-32-22(34)19-14-31(21(33)16-4-8-18(25)9-5-16)13-11-20(19)30-23(32)29-12-10-15-2-6-17(7-3-15)24(26,27)28;/h2-9H,10-14H2,1H3,(H,29,30);1H. The zero-order chi connectivity index (χ0) is 25.2. The summed E-state index contributed by atoms with van der Waals surface area (Å²) in [4.78, 5) is 37.3. The number of hydrogen-bond acceptors (Lipinski definition) is 5. The summed E-state index contributed by atoms with van der Waals surface area (Å²) < 4.78 is 39.2. The molecule has 0 atom stereocenters. The number of aromatic nitrogens is 2. The zero-order valence-electron chi connectivity index (χ0n) is 19.1. The van der Waals surface area contributed by atoms with Gasteiger partial charge in [-0.1, -0.05) is 23.7 Å². The van der Waals surface area contributed by atoms with Crippen molar-refractivity contribution in [2.75, 3.05) is 25.5 Å². The molecule has 0 aliphatic carbocycles. The highest BCUT2D eigenvalue weighted by molar-refractivity contribution is 6.30. The molecule has 0 fully saturated rings. The SMILES string of the molecule is COn1c(NCCc2ccc(C(F)(F)F)cc2)nc2c(c1=O)CN(C(=O)c1ccc(Cl)cc1)CC2.Cl. The minimum absolute atomic E-state index is 0. The molecule has 2 aromatic carbocycles. The van der Waals surface area contributed by atoms with Gasteiger partial charge in [-0.25, -0.2) is 4.98 Å². The molecule has 1 amide bonds. The Morgan fingerprint density at radius 1 is 1.14 bits per heavy atom. The van der Waals surface area contributed by atoms with Crippen LogP contribution in [-0.2, 0) is 25.6 Å². The highest BCUT2D eigenvalue weighted by atomic mass is 35.5. The third-order valence-electron chi connectivity index (χ3n) is 5.73. The Kier molecular flexibility index (Phi) is 8.52. The quantitative estimate of drug-likeness (QED) is 0.504. The average Bonchev–Trinajstić information content (AvgIpc) is 2.84. The van der Waals surface area contributed by atoms with E-state index in [1.54, 1.807) is 29.2 Å². The van der Waals surface area contributed by atoms with Crippen molar-refractivity contribution < 1.29 is 22.8 Å². The topological polar surface area (TPSA) is 76.5 Å². The van der Waals surface area contributed by atoms with Crippen molar-refractivity contribution in [3.63, 3.8) is 0 Å². The third kappa shape index (κ3) is 5.93. The van der Waals surface area contributed by atoms with Crippen molar-refractivity contribution in [1.82, 2.24) is 14.6 Å². The summed E-state index contributed by atoms with van der Waals surface area (Å²) in [5.41, 5.74) is 0.977. The van der Waals surface area contributed by atoms with Crippen LogP contribution < -0.4 is 15.7 Å². The first-order valence-corrected chi connectivity index (χ1v) is 11.2. The Bertz CT molecular complexity index is 1280. The van der Waals surface area contributed by atoms with Crippen LogP contribution in [0.25, 0.3) is 0 Å². The number of amides is 1. The third-order valence-corrected chi connectivity index (χ3v) is 5.98. The van der Waals surface area contributed by atoms with Crippen LogP contribution in [0.15, 0.2) is 53.3 Å². The summed E-state index contributed by atoms with van der Waals surface area (Å²) >= 11 is 5.89. The summed E-state index contributed by atoms with van der Waals surface area (Å²) in [5.74, 6) is -0.0185. The number of fused-ring (bicyclic) bond motifs is 1. The molecule has 1 N–H and O–H groups in total. The van der Waals surface area contributed by atoms with Crippen LogP contribution in [0.5, 0.6) is 0 Å². The van der Waals surface area contributed by atoms with E-state index in [-0.39, 0.29) is 30.8 Å². The van der Waals surface area contributed by atoms with E-state index >= 15 is 0 Å². The molecule has 7 nitrogen and oxygen atoms in total. The Balaban J connectivity index is 0.00000361. The van der Waals surface area contributed by atoms with E-state index in [0.717, 1.165) is 16.9 Å². The van der Waals surface area contributed by atoms with Crippen molar-refractivity contribution >= 4 is 35.9 Å². The van der Waals surface area contributed by atoms with E-state index in [1.165, 1.54) is 19.2 Å². The van der Waals surface area contributed by atoms with Gasteiger partial charge in [-0.3, -0.25) is 9.59 Å². The number of anilines is 1. The van der Waals surface area contributed by atoms with Crippen LogP contribution in [-0.4, -0.2) is 40.7 Å². The number of nitrogens with one attached hydrogen (secondary N) is 1. The summed E-state index contributed by atoms with van der Waals surface area (Å²) in [7, 11) is 1.33. The normalized spacial score (nSPS) is 13.0. The van der Waals surface area contributed by atoms with Gasteiger partial charge < -0.3 is 15.1 Å². The maximum atomic E-state index is 13.1. The molecule has 12 heteroatoms. The largest absolute Gasteiger partial charge is 0.416 e. The lowest BCUT2D eigenvalue weighted by Gasteiger charge is -2.28. The van der Waals surface area contributed by atoms with Crippen LogP contribution in [0.2, 0.25) is 5.02 Å². The maximum absolute atomic E-state index is 13.1. The van der Waals surface area contributed by atoms with Crippen molar-refractivity contribution in [2.45, 2.75) is 25.6 Å². The molecule has 2 heterocycles. The van der Waals surface area contributed by atoms with Crippen molar-refractivity contribution in [3.8, 4) is 0 Å². The van der Waals surface area contributed by atoms with Crippen molar-refractivity contribution in [3.05, 3.63) is 91.9 Å². The fourth-order valence-electron chi connectivity index (χ4n) is 3.87. The molecule has 192 valence electrons. The molecule has 4 rings (SSSR count). The lowest BCUT2D eigenvalue weighted by molar-refractivity contribution is -0.137. The first-order chi connectivity index (χ1) is 16.7. The number of carbonyl (C=O) groups excluding carboxylic acids is 1. The molecule has 1 aliphatic heterocycles. The van der Waals surface area contributed by atoms with E-state index in [9.17, 15) is 22.8 Å². The minimum atomic E-state index is -4.38. The van der Waals surface area contributed by atoms with Crippen LogP contribution in [0.1, 0.15) is 32.7 Å². The number of benzene rings is 2. The molecule has 0 unspecified atom stereocenters. The van der Waals surface area contributed by atoms with Gasteiger partial charge in [0.25, 0.3) is 11.5 Å². The highest BCUT2D eigenvalue weighted by Crippen LogP contribution is 2.29. The molecule has 0 bridgehead atoms. The Morgan fingerprint density at radius 2 is 1.81 bits per heavy atom. The fraction of sp³-hybridized carbons (Fsp3) is 0.292. The molecule has 0 radical (unpaired) electrons. The van der Waals surface area contributed by atoms with Gasteiger partial charge in [0, 0.05) is 30.1 Å². The number of rotatable bonds is 6. The lowest BCUT2D eigenvalue weighted by Crippen LogP contribution is -2.42. The molecular weight excluding hydrogens is 520 g/mol. The van der Waals surface area contributed by atoms with E-state index in [1.807, 2.05) is 0 Å². The minimum Gasteiger partial charge on any atom is -0.411 e. The van der Waals surface area contributed by atoms with Gasteiger partial charge in [0.05, 0.1) is 23.4 Å². The van der Waals surface area contributed by atoms with Crippen molar-refractivity contribution in [2.24, 2.45) is 0 Å². The first kappa shape index (κ1) is 27.3. The molecule has 36 heavy (non-hydrogen) atoms. The highest BCUT2D eigenvalue weighted by Gasteiger charge is 2.30. The Morgan fingerprint density at radius 3 is 2.42 bits per heavy atom. The smallest absolute Gasteiger partial charge is 0.411 e. The van der Waals surface area contributed by atoms with E-state index in [2.05, 4.69) is 10.3 Å². The average molecular weight is 543 g/mol. The zero-order valence-corrected chi connectivity index (χ0v) is 20.7. The summed E-state index contributed by atoms with van der Waals surface area (Å²) in [5, 5.41) is 3.55. The number of hydrogen-bond donors (Lipinski definition) is 1. The van der Waals surface area contributed by atoms with Gasteiger partial charge in [0.1, 0.15) is 7.11 Å². The van der Waals surface area contributed by atoms with Crippen LogP contribution in [0.4, 0.5) is 19.1 Å². The van der Waals surface area contributed by atoms with E-state index < -0.39 is 17.3 Å². The number of nitrogens with zero attached hydrogens (tertiary/aromatic N) is 3. The summed E-state index contributed by atoms with van der Waals surface area (Å²) in [6.07, 6.45) is -3.58. The lowest BCUT2D eigenvalue weighted by atomic mass is 10.1. The molecule has 1 aliphatic rings. The maximum Gasteiger partial charge on any atom is 0.416 e. The molecule has 0 saturated heterocycles. The number of carbonyl (C=O) groups is 1. The first-order valence-electron chi connectivity index (χ1n) is 10.8. The predicted molar refractivity (Wildman–Crippen MR) is 132 cm³/mol. The van der Waals surface area contributed by atoms with Crippen LogP contribution in [0, 0.1) is 0 Å². The monoisotopic (exact) mass is 542 g/mol. The second kappa shape index (κ2) is 11.2. The number of alkyl halides is 3. The molecule has 0 saturated carbocycles. The van der Waals surface area contributed by atoms with Gasteiger partial charge in [-0.2, -0.15) is 13.2 Å².